The zero-order valence-corrected chi connectivity index (χ0v) is 25.0. The number of benzene rings is 2. The summed E-state index contributed by atoms with van der Waals surface area (Å²) >= 11 is 1.56. The van der Waals surface area contributed by atoms with Gasteiger partial charge in [-0.1, -0.05) is 0 Å². The second-order valence-electron chi connectivity index (χ2n) is 10.3. The van der Waals surface area contributed by atoms with Crippen LogP contribution in [-0.2, 0) is 14.8 Å². The molecule has 0 aliphatic carbocycles. The number of halogens is 1. The molecular weight excluding hydrogens is 576 g/mol. The molecule has 0 spiro atoms. The lowest BCUT2D eigenvalue weighted by Crippen LogP contribution is -2.38. The Hall–Kier alpha value is -3.45. The molecule has 9 nitrogen and oxygen atoms in total. The number of ether oxygens (including phenoxy) is 1. The number of sulfonamides is 1. The first-order valence-electron chi connectivity index (χ1n) is 14.2. The number of nitrogens with one attached hydrogen (secondary N) is 1. The molecule has 0 saturated carbocycles. The Morgan fingerprint density at radius 2 is 1.69 bits per heavy atom. The molecular formula is C30H33FN6O3S2. The van der Waals surface area contributed by atoms with Crippen LogP contribution in [0.2, 0.25) is 0 Å². The van der Waals surface area contributed by atoms with Crippen LogP contribution in [0.5, 0.6) is 0 Å². The molecule has 220 valence electrons. The minimum Gasteiger partial charge on any atom is -0.378 e. The van der Waals surface area contributed by atoms with E-state index in [1.165, 1.54) is 12.1 Å². The van der Waals surface area contributed by atoms with E-state index in [1.54, 1.807) is 40.9 Å². The van der Waals surface area contributed by atoms with Crippen LogP contribution in [-0.4, -0.2) is 72.8 Å². The maximum Gasteiger partial charge on any atom is 0.227 e. The molecule has 2 fully saturated rings. The Morgan fingerprint density at radius 3 is 2.38 bits per heavy atom. The van der Waals surface area contributed by atoms with Gasteiger partial charge in [-0.3, -0.25) is 0 Å². The van der Waals surface area contributed by atoms with E-state index in [1.807, 2.05) is 18.2 Å². The van der Waals surface area contributed by atoms with Crippen LogP contribution in [0.1, 0.15) is 30.7 Å². The SMILES string of the molecule is CCS(=O)(=O)N1CCC(c2nc(-c3ccc(F)cc3)c(-c3ccnc(Nc4ccc(N5CCOCC5)cc4)n3)s2)CC1. The van der Waals surface area contributed by atoms with Gasteiger partial charge < -0.3 is 15.0 Å². The van der Waals surface area contributed by atoms with Crippen LogP contribution in [0.3, 0.4) is 0 Å². The molecule has 4 heterocycles. The molecule has 1 N–H and O–H groups in total. The van der Waals surface area contributed by atoms with Crippen LogP contribution in [0.4, 0.5) is 21.7 Å². The molecule has 2 aliphatic rings. The second kappa shape index (κ2) is 12.4. The molecule has 6 rings (SSSR count). The van der Waals surface area contributed by atoms with E-state index < -0.39 is 10.0 Å². The van der Waals surface area contributed by atoms with E-state index in [0.717, 1.165) is 58.8 Å². The molecule has 4 aromatic rings. The van der Waals surface area contributed by atoms with E-state index in [-0.39, 0.29) is 17.5 Å². The Morgan fingerprint density at radius 1 is 0.976 bits per heavy atom. The molecule has 2 aromatic heterocycles. The van der Waals surface area contributed by atoms with E-state index in [9.17, 15) is 12.8 Å². The molecule has 42 heavy (non-hydrogen) atoms. The summed E-state index contributed by atoms with van der Waals surface area (Å²) in [5.74, 6) is 0.393. The fraction of sp³-hybridized carbons (Fsp3) is 0.367. The van der Waals surface area contributed by atoms with E-state index in [2.05, 4.69) is 27.3 Å². The van der Waals surface area contributed by atoms with Gasteiger partial charge in [0, 0.05) is 55.2 Å². The fourth-order valence-electron chi connectivity index (χ4n) is 5.30. The first-order valence-corrected chi connectivity index (χ1v) is 16.6. The van der Waals surface area contributed by atoms with E-state index >= 15 is 0 Å². The van der Waals surface area contributed by atoms with Gasteiger partial charge >= 0.3 is 0 Å². The number of hydrogen-bond donors (Lipinski definition) is 1. The average Bonchev–Trinajstić information content (AvgIpc) is 3.48. The van der Waals surface area contributed by atoms with Gasteiger partial charge in [0.15, 0.2) is 0 Å². The first-order chi connectivity index (χ1) is 20.4. The summed E-state index contributed by atoms with van der Waals surface area (Å²) in [5.41, 5.74) is 4.27. The number of piperidine rings is 1. The highest BCUT2D eigenvalue weighted by Crippen LogP contribution is 2.41. The van der Waals surface area contributed by atoms with Gasteiger partial charge in [0.05, 0.1) is 40.2 Å². The van der Waals surface area contributed by atoms with E-state index in [4.69, 9.17) is 14.7 Å². The third-order valence-corrected chi connectivity index (χ3v) is 10.8. The predicted octanol–water partition coefficient (Wildman–Crippen LogP) is 5.52. The standard InChI is InChI=1S/C30H33FN6O3S2/c1-2-42(38,39)37-15-12-22(13-16-37)29-35-27(21-3-5-23(31)6-4-21)28(41-29)26-11-14-32-30(34-26)33-24-7-9-25(10-8-24)36-17-19-40-20-18-36/h3-11,14,22H,2,12-13,15-20H2,1H3,(H,32,33,34). The molecule has 0 unspecified atom stereocenters. The highest BCUT2D eigenvalue weighted by molar-refractivity contribution is 7.89. The summed E-state index contributed by atoms with van der Waals surface area (Å²) in [6.45, 7) is 5.86. The van der Waals surface area contributed by atoms with Crippen molar-refractivity contribution in [3.8, 4) is 21.8 Å². The Bertz CT molecular complexity index is 1620. The number of nitrogens with zero attached hydrogens (tertiary/aromatic N) is 5. The number of aromatic nitrogens is 3. The smallest absolute Gasteiger partial charge is 0.227 e. The zero-order chi connectivity index (χ0) is 29.1. The summed E-state index contributed by atoms with van der Waals surface area (Å²) < 4.78 is 45.5. The van der Waals surface area contributed by atoms with Gasteiger partial charge in [-0.15, -0.1) is 11.3 Å². The van der Waals surface area contributed by atoms with Crippen molar-refractivity contribution in [2.75, 3.05) is 55.4 Å². The Labute approximate surface area is 249 Å². The van der Waals surface area contributed by atoms with E-state index in [0.29, 0.717) is 37.6 Å². The summed E-state index contributed by atoms with van der Waals surface area (Å²) in [5, 5.41) is 4.25. The molecule has 0 bridgehead atoms. The van der Waals surface area contributed by atoms with Gasteiger partial charge in [0.2, 0.25) is 16.0 Å². The average molecular weight is 609 g/mol. The third kappa shape index (κ3) is 6.31. The first kappa shape index (κ1) is 28.7. The summed E-state index contributed by atoms with van der Waals surface area (Å²) in [6, 6.07) is 16.4. The van der Waals surface area contributed by atoms with Crippen molar-refractivity contribution in [3.63, 3.8) is 0 Å². The minimum absolute atomic E-state index is 0.107. The molecule has 0 atom stereocenters. The van der Waals surface area contributed by atoms with Crippen molar-refractivity contribution in [1.82, 2.24) is 19.3 Å². The highest BCUT2D eigenvalue weighted by Gasteiger charge is 2.30. The van der Waals surface area contributed by atoms with Crippen LogP contribution in [0, 0.1) is 5.82 Å². The van der Waals surface area contributed by atoms with Crippen molar-refractivity contribution in [2.45, 2.75) is 25.7 Å². The van der Waals surface area contributed by atoms with Gasteiger partial charge in [-0.2, -0.15) is 0 Å². The number of thiazole rings is 1. The zero-order valence-electron chi connectivity index (χ0n) is 23.4. The minimum atomic E-state index is -3.21. The maximum absolute atomic E-state index is 13.8. The number of hydrogen-bond acceptors (Lipinski definition) is 9. The fourth-order valence-corrected chi connectivity index (χ4v) is 7.66. The van der Waals surface area contributed by atoms with Gasteiger partial charge in [-0.25, -0.2) is 32.1 Å². The van der Waals surface area contributed by atoms with Gasteiger partial charge in [0.25, 0.3) is 0 Å². The summed E-state index contributed by atoms with van der Waals surface area (Å²) in [6.07, 6.45) is 3.12. The van der Waals surface area contributed by atoms with Crippen molar-refractivity contribution in [3.05, 3.63) is 71.6 Å². The maximum atomic E-state index is 13.8. The molecule has 12 heteroatoms. The molecule has 2 saturated heterocycles. The highest BCUT2D eigenvalue weighted by atomic mass is 32.2. The molecule has 0 radical (unpaired) electrons. The summed E-state index contributed by atoms with van der Waals surface area (Å²) in [4.78, 5) is 17.5. The summed E-state index contributed by atoms with van der Waals surface area (Å²) in [7, 11) is -3.21. The lowest BCUT2D eigenvalue weighted by molar-refractivity contribution is 0.122. The van der Waals surface area contributed by atoms with Crippen LogP contribution in [0.15, 0.2) is 60.8 Å². The van der Waals surface area contributed by atoms with Crippen molar-refractivity contribution >= 4 is 38.7 Å². The quantitative estimate of drug-likeness (QED) is 0.279. The molecule has 0 amide bonds. The topological polar surface area (TPSA) is 101 Å². The lowest BCUT2D eigenvalue weighted by atomic mass is 9.99. The second-order valence-corrected chi connectivity index (χ2v) is 13.6. The van der Waals surface area contributed by atoms with Crippen molar-refractivity contribution in [2.24, 2.45) is 0 Å². The van der Waals surface area contributed by atoms with Crippen molar-refractivity contribution < 1.29 is 17.5 Å². The van der Waals surface area contributed by atoms with Crippen LogP contribution < -0.4 is 10.2 Å². The number of morpholine rings is 1. The van der Waals surface area contributed by atoms with Crippen LogP contribution >= 0.6 is 11.3 Å². The van der Waals surface area contributed by atoms with Gasteiger partial charge in [-0.05, 0) is 74.4 Å². The Kier molecular flexibility index (Phi) is 8.48. The lowest BCUT2D eigenvalue weighted by Gasteiger charge is -2.29. The Balaban J connectivity index is 1.26. The van der Waals surface area contributed by atoms with Crippen molar-refractivity contribution in [1.29, 1.82) is 0 Å². The molecule has 2 aromatic carbocycles. The van der Waals surface area contributed by atoms with Crippen LogP contribution in [0.25, 0.3) is 21.8 Å². The molecule has 2 aliphatic heterocycles. The largest absolute Gasteiger partial charge is 0.378 e. The normalized spacial score (nSPS) is 17.0. The monoisotopic (exact) mass is 608 g/mol. The van der Waals surface area contributed by atoms with Gasteiger partial charge in [0.1, 0.15) is 5.82 Å². The number of rotatable bonds is 8. The third-order valence-electron chi connectivity index (χ3n) is 7.71. The number of anilines is 3. The predicted molar refractivity (Wildman–Crippen MR) is 164 cm³/mol.